The molecule has 1 saturated heterocycles. The Morgan fingerprint density at radius 1 is 1.50 bits per heavy atom. The first-order chi connectivity index (χ1) is 8.63. The SMILES string of the molecule is NC1CCN(CC(=O)Nc2ccc(Cl)nc2)CC1. The highest BCUT2D eigenvalue weighted by atomic mass is 35.5. The maximum atomic E-state index is 11.8. The van der Waals surface area contributed by atoms with Crippen molar-refractivity contribution in [1.29, 1.82) is 0 Å². The fourth-order valence-corrected chi connectivity index (χ4v) is 2.08. The number of rotatable bonds is 3. The minimum Gasteiger partial charge on any atom is -0.328 e. The molecule has 18 heavy (non-hydrogen) atoms. The van der Waals surface area contributed by atoms with Crippen molar-refractivity contribution in [2.45, 2.75) is 18.9 Å². The molecule has 5 nitrogen and oxygen atoms in total. The summed E-state index contributed by atoms with van der Waals surface area (Å²) in [5, 5.41) is 3.21. The summed E-state index contributed by atoms with van der Waals surface area (Å²) in [4.78, 5) is 17.8. The number of hydrogen-bond donors (Lipinski definition) is 2. The molecule has 1 fully saturated rings. The van der Waals surface area contributed by atoms with Crippen LogP contribution in [0.2, 0.25) is 5.15 Å². The number of piperidine rings is 1. The third-order valence-corrected chi connectivity index (χ3v) is 3.23. The second kappa shape index (κ2) is 6.13. The van der Waals surface area contributed by atoms with E-state index in [1.165, 1.54) is 0 Å². The summed E-state index contributed by atoms with van der Waals surface area (Å²) < 4.78 is 0. The van der Waals surface area contributed by atoms with E-state index >= 15 is 0 Å². The Hall–Kier alpha value is -1.17. The predicted octanol–water partition coefficient (Wildman–Crippen LogP) is 1.10. The molecule has 0 atom stereocenters. The van der Waals surface area contributed by atoms with E-state index in [4.69, 9.17) is 17.3 Å². The molecule has 1 aromatic heterocycles. The molecule has 0 aromatic carbocycles. The van der Waals surface area contributed by atoms with Crippen molar-refractivity contribution in [2.75, 3.05) is 25.0 Å². The molecule has 2 rings (SSSR count). The van der Waals surface area contributed by atoms with Crippen molar-refractivity contribution < 1.29 is 4.79 Å². The summed E-state index contributed by atoms with van der Waals surface area (Å²) in [6.45, 7) is 2.16. The highest BCUT2D eigenvalue weighted by molar-refractivity contribution is 6.29. The summed E-state index contributed by atoms with van der Waals surface area (Å²) in [6, 6.07) is 3.67. The predicted molar refractivity (Wildman–Crippen MR) is 71.5 cm³/mol. The number of nitrogens with two attached hydrogens (primary N) is 1. The Balaban J connectivity index is 1.80. The number of halogens is 1. The molecule has 0 radical (unpaired) electrons. The fraction of sp³-hybridized carbons (Fsp3) is 0.500. The van der Waals surface area contributed by atoms with Gasteiger partial charge in [-0.25, -0.2) is 4.98 Å². The zero-order valence-electron chi connectivity index (χ0n) is 10.1. The normalized spacial score (nSPS) is 17.7. The van der Waals surface area contributed by atoms with Crippen LogP contribution in [0.5, 0.6) is 0 Å². The van der Waals surface area contributed by atoms with Crippen molar-refractivity contribution in [3.63, 3.8) is 0 Å². The zero-order valence-corrected chi connectivity index (χ0v) is 10.9. The van der Waals surface area contributed by atoms with Crippen LogP contribution in [0.25, 0.3) is 0 Å². The summed E-state index contributed by atoms with van der Waals surface area (Å²) in [5.74, 6) is -0.0328. The molecule has 98 valence electrons. The van der Waals surface area contributed by atoms with Crippen LogP contribution in [-0.4, -0.2) is 41.5 Å². The number of nitrogens with zero attached hydrogens (tertiary/aromatic N) is 2. The van der Waals surface area contributed by atoms with E-state index in [1.807, 2.05) is 0 Å². The first kappa shape index (κ1) is 13.3. The maximum absolute atomic E-state index is 11.8. The summed E-state index contributed by atoms with van der Waals surface area (Å²) in [7, 11) is 0. The van der Waals surface area contributed by atoms with Gasteiger partial charge in [-0.1, -0.05) is 11.6 Å². The van der Waals surface area contributed by atoms with E-state index < -0.39 is 0 Å². The molecule has 6 heteroatoms. The molecule has 1 aliphatic heterocycles. The number of nitrogens with one attached hydrogen (secondary N) is 1. The van der Waals surface area contributed by atoms with E-state index in [-0.39, 0.29) is 11.9 Å². The van der Waals surface area contributed by atoms with Gasteiger partial charge in [0.2, 0.25) is 5.91 Å². The minimum atomic E-state index is -0.0328. The van der Waals surface area contributed by atoms with Crippen LogP contribution in [0.15, 0.2) is 18.3 Å². The number of amides is 1. The second-order valence-corrected chi connectivity index (χ2v) is 4.92. The number of aromatic nitrogens is 1. The number of hydrogen-bond acceptors (Lipinski definition) is 4. The molecule has 0 saturated carbocycles. The third kappa shape index (κ3) is 3.94. The second-order valence-electron chi connectivity index (χ2n) is 4.53. The summed E-state index contributed by atoms with van der Waals surface area (Å²) in [6.07, 6.45) is 3.46. The van der Waals surface area contributed by atoms with Gasteiger partial charge in [-0.3, -0.25) is 9.69 Å². The monoisotopic (exact) mass is 268 g/mol. The lowest BCUT2D eigenvalue weighted by Crippen LogP contribution is -2.43. The lowest BCUT2D eigenvalue weighted by atomic mass is 10.1. The van der Waals surface area contributed by atoms with E-state index in [0.717, 1.165) is 25.9 Å². The van der Waals surface area contributed by atoms with E-state index in [2.05, 4.69) is 15.2 Å². The highest BCUT2D eigenvalue weighted by Gasteiger charge is 2.18. The quantitative estimate of drug-likeness (QED) is 0.806. The number of likely N-dealkylation sites (tertiary alicyclic amines) is 1. The van der Waals surface area contributed by atoms with Gasteiger partial charge in [-0.05, 0) is 25.0 Å². The zero-order chi connectivity index (χ0) is 13.0. The minimum absolute atomic E-state index is 0.0328. The first-order valence-corrected chi connectivity index (χ1v) is 6.40. The molecule has 2 heterocycles. The summed E-state index contributed by atoms with van der Waals surface area (Å²) in [5.41, 5.74) is 6.48. The van der Waals surface area contributed by atoms with Crippen LogP contribution in [0.3, 0.4) is 0 Å². The molecule has 1 aromatic rings. The Labute approximate surface area is 111 Å². The standard InChI is InChI=1S/C12H17ClN4O/c13-11-2-1-10(7-15-11)16-12(18)8-17-5-3-9(14)4-6-17/h1-2,7,9H,3-6,8,14H2,(H,16,18). The van der Waals surface area contributed by atoms with E-state index in [9.17, 15) is 4.79 Å². The number of anilines is 1. The smallest absolute Gasteiger partial charge is 0.238 e. The van der Waals surface area contributed by atoms with Gasteiger partial charge in [0.25, 0.3) is 0 Å². The van der Waals surface area contributed by atoms with Crippen molar-refractivity contribution in [3.05, 3.63) is 23.5 Å². The van der Waals surface area contributed by atoms with Gasteiger partial charge >= 0.3 is 0 Å². The van der Waals surface area contributed by atoms with Gasteiger partial charge in [0, 0.05) is 19.1 Å². The van der Waals surface area contributed by atoms with Crippen molar-refractivity contribution in [2.24, 2.45) is 5.73 Å². The molecule has 0 unspecified atom stereocenters. The van der Waals surface area contributed by atoms with Crippen LogP contribution < -0.4 is 11.1 Å². The Bertz CT molecular complexity index is 401. The number of pyridine rings is 1. The number of carbonyl (C=O) groups excluding carboxylic acids is 1. The van der Waals surface area contributed by atoms with Crippen LogP contribution in [0.4, 0.5) is 5.69 Å². The molecule has 3 N–H and O–H groups in total. The van der Waals surface area contributed by atoms with Crippen LogP contribution in [0, 0.1) is 0 Å². The molecule has 0 aliphatic carbocycles. The Morgan fingerprint density at radius 3 is 2.83 bits per heavy atom. The number of carbonyl (C=O) groups is 1. The fourth-order valence-electron chi connectivity index (χ4n) is 1.96. The van der Waals surface area contributed by atoms with E-state index in [0.29, 0.717) is 17.4 Å². The van der Waals surface area contributed by atoms with Crippen LogP contribution >= 0.6 is 11.6 Å². The van der Waals surface area contributed by atoms with Gasteiger partial charge in [0.1, 0.15) is 5.15 Å². The van der Waals surface area contributed by atoms with Crippen molar-refractivity contribution in [1.82, 2.24) is 9.88 Å². The van der Waals surface area contributed by atoms with Gasteiger partial charge in [0.05, 0.1) is 18.4 Å². The van der Waals surface area contributed by atoms with Gasteiger partial charge in [-0.15, -0.1) is 0 Å². The topological polar surface area (TPSA) is 71.2 Å². The molecular weight excluding hydrogens is 252 g/mol. The van der Waals surface area contributed by atoms with Crippen LogP contribution in [0.1, 0.15) is 12.8 Å². The Kier molecular flexibility index (Phi) is 4.52. The summed E-state index contributed by atoms with van der Waals surface area (Å²) >= 11 is 5.67. The van der Waals surface area contributed by atoms with Gasteiger partial charge in [-0.2, -0.15) is 0 Å². The highest BCUT2D eigenvalue weighted by Crippen LogP contribution is 2.11. The van der Waals surface area contributed by atoms with Gasteiger partial charge < -0.3 is 11.1 Å². The van der Waals surface area contributed by atoms with Crippen molar-refractivity contribution in [3.8, 4) is 0 Å². The average molecular weight is 269 g/mol. The molecule has 0 spiro atoms. The largest absolute Gasteiger partial charge is 0.328 e. The molecule has 0 bridgehead atoms. The van der Waals surface area contributed by atoms with Gasteiger partial charge in [0.15, 0.2) is 0 Å². The third-order valence-electron chi connectivity index (χ3n) is 3.01. The average Bonchev–Trinajstić information content (AvgIpc) is 2.35. The Morgan fingerprint density at radius 2 is 2.22 bits per heavy atom. The van der Waals surface area contributed by atoms with Crippen LogP contribution in [-0.2, 0) is 4.79 Å². The lowest BCUT2D eigenvalue weighted by Gasteiger charge is -2.29. The molecule has 1 amide bonds. The van der Waals surface area contributed by atoms with Crippen molar-refractivity contribution >= 4 is 23.2 Å². The first-order valence-electron chi connectivity index (χ1n) is 6.03. The molecule has 1 aliphatic rings. The van der Waals surface area contributed by atoms with E-state index in [1.54, 1.807) is 18.3 Å². The lowest BCUT2D eigenvalue weighted by molar-refractivity contribution is -0.117. The maximum Gasteiger partial charge on any atom is 0.238 e. The molecular formula is C12H17ClN4O.